The fraction of sp³-hybridized carbons (Fsp3) is 0.667. The van der Waals surface area contributed by atoms with Crippen LogP contribution >= 0.6 is 0 Å². The van der Waals surface area contributed by atoms with Crippen LogP contribution in [-0.2, 0) is 35.0 Å². The molecule has 0 fully saturated rings. The van der Waals surface area contributed by atoms with E-state index in [1.54, 1.807) is 13.0 Å². The number of methoxy groups -OCH3 is 1. The lowest BCUT2D eigenvalue weighted by molar-refractivity contribution is -0.153. The lowest BCUT2D eigenvalue weighted by Gasteiger charge is -2.27. The molecule has 1 aromatic carbocycles. The summed E-state index contributed by atoms with van der Waals surface area (Å²) >= 11 is 0. The number of hydrogen-bond acceptors (Lipinski definition) is 11. The molecule has 0 aliphatic rings. The van der Waals surface area contributed by atoms with Gasteiger partial charge in [-0.2, -0.15) is 0 Å². The molecule has 1 aromatic rings. The van der Waals surface area contributed by atoms with E-state index in [0.29, 0.717) is 24.8 Å². The Bertz CT molecular complexity index is 967. The van der Waals surface area contributed by atoms with E-state index in [4.69, 9.17) is 34.2 Å². The average Bonchev–Trinajstić information content (AvgIpc) is 2.94. The molecule has 0 spiro atoms. The van der Waals surface area contributed by atoms with E-state index < -0.39 is 23.8 Å². The normalized spacial score (nSPS) is 12.9. The van der Waals surface area contributed by atoms with Crippen molar-refractivity contribution in [3.05, 3.63) is 23.8 Å². The van der Waals surface area contributed by atoms with E-state index >= 15 is 0 Å². The lowest BCUT2D eigenvalue weighted by atomic mass is 9.88. The molecule has 0 bridgehead atoms. The molecule has 41 heavy (non-hydrogen) atoms. The van der Waals surface area contributed by atoms with Crippen LogP contribution in [0.5, 0.6) is 11.5 Å². The Hall–Kier alpha value is -3.34. The maximum Gasteiger partial charge on any atom is 0.513 e. The zero-order valence-corrected chi connectivity index (χ0v) is 25.2. The van der Waals surface area contributed by atoms with Crippen molar-refractivity contribution in [2.24, 2.45) is 11.7 Å². The molecule has 0 saturated heterocycles. The van der Waals surface area contributed by atoms with Crippen molar-refractivity contribution in [2.75, 3.05) is 26.9 Å². The second-order valence-corrected chi connectivity index (χ2v) is 10.0. The second-order valence-electron chi connectivity index (χ2n) is 10.0. The predicted octanol–water partition coefficient (Wildman–Crippen LogP) is 5.88. The number of rotatable bonds is 19. The quantitative estimate of drug-likeness (QED) is 0.0903. The Morgan fingerprint density at radius 2 is 1.39 bits per heavy atom. The van der Waals surface area contributed by atoms with E-state index in [0.717, 1.165) is 32.1 Å². The highest BCUT2D eigenvalue weighted by Crippen LogP contribution is 2.31. The fourth-order valence-corrected chi connectivity index (χ4v) is 3.94. The number of unbranched alkanes of at least 4 members (excludes halogenated alkanes) is 4. The van der Waals surface area contributed by atoms with E-state index in [9.17, 15) is 19.2 Å². The lowest BCUT2D eigenvalue weighted by Crippen LogP contribution is -2.51. The van der Waals surface area contributed by atoms with Gasteiger partial charge in [0.25, 0.3) is 0 Å². The standard InChI is InChI=1S/C30H47NO10/c1-6-9-11-17-38-28(34)40-24-15-14-23(20-25(24)41-29(35)39-18-12-10-7-2)21-30(31,27(33)36-5)16-19-37-26(32)22(4)13-8-3/h14-15,20,22H,6-13,16-19,21,31H2,1-5H3/t22?,30-/m1/s1. The Labute approximate surface area is 243 Å². The van der Waals surface area contributed by atoms with Crippen LogP contribution in [0.2, 0.25) is 0 Å². The first-order chi connectivity index (χ1) is 19.6. The van der Waals surface area contributed by atoms with Gasteiger partial charge in [0.15, 0.2) is 11.5 Å². The van der Waals surface area contributed by atoms with Gasteiger partial charge in [-0.25, -0.2) is 9.59 Å². The van der Waals surface area contributed by atoms with Crippen molar-refractivity contribution in [1.29, 1.82) is 0 Å². The molecule has 0 saturated carbocycles. The van der Waals surface area contributed by atoms with Gasteiger partial charge < -0.3 is 34.2 Å². The van der Waals surface area contributed by atoms with E-state index in [-0.39, 0.29) is 56.0 Å². The molecule has 0 heterocycles. The highest BCUT2D eigenvalue weighted by molar-refractivity contribution is 5.81. The minimum Gasteiger partial charge on any atom is -0.468 e. The molecule has 0 radical (unpaired) electrons. The highest BCUT2D eigenvalue weighted by Gasteiger charge is 2.36. The van der Waals surface area contributed by atoms with Crippen molar-refractivity contribution in [3.63, 3.8) is 0 Å². The third-order valence-corrected chi connectivity index (χ3v) is 6.36. The monoisotopic (exact) mass is 581 g/mol. The molecular formula is C30H47NO10. The number of carbonyl (C=O) groups excluding carboxylic acids is 4. The number of benzene rings is 1. The van der Waals surface area contributed by atoms with Gasteiger partial charge in [-0.3, -0.25) is 9.59 Å². The highest BCUT2D eigenvalue weighted by atomic mass is 16.7. The van der Waals surface area contributed by atoms with Crippen molar-refractivity contribution in [3.8, 4) is 11.5 Å². The second kappa shape index (κ2) is 19.7. The van der Waals surface area contributed by atoms with Gasteiger partial charge in [-0.1, -0.05) is 65.9 Å². The zero-order chi connectivity index (χ0) is 30.7. The topological polar surface area (TPSA) is 150 Å². The Morgan fingerprint density at radius 3 is 1.93 bits per heavy atom. The van der Waals surface area contributed by atoms with Gasteiger partial charge in [-0.15, -0.1) is 0 Å². The van der Waals surface area contributed by atoms with Gasteiger partial charge in [-0.05, 0) is 37.0 Å². The van der Waals surface area contributed by atoms with E-state index in [2.05, 4.69) is 0 Å². The SMILES string of the molecule is CCCCCOC(=O)Oc1ccc(C[C@](N)(CCOC(=O)C(C)CCC)C(=O)OC)cc1OC(=O)OCCCCC. The van der Waals surface area contributed by atoms with Crippen LogP contribution in [0.25, 0.3) is 0 Å². The molecule has 11 heteroatoms. The molecule has 232 valence electrons. The van der Waals surface area contributed by atoms with Gasteiger partial charge in [0.05, 0.1) is 32.8 Å². The number of ether oxygens (including phenoxy) is 6. The first-order valence-corrected chi connectivity index (χ1v) is 14.5. The van der Waals surface area contributed by atoms with Crippen LogP contribution in [-0.4, -0.2) is 56.7 Å². The molecule has 2 atom stereocenters. The van der Waals surface area contributed by atoms with Crippen LogP contribution in [0.15, 0.2) is 18.2 Å². The molecule has 0 aromatic heterocycles. The minimum absolute atomic E-state index is 0.0117. The largest absolute Gasteiger partial charge is 0.513 e. The zero-order valence-electron chi connectivity index (χ0n) is 25.2. The van der Waals surface area contributed by atoms with E-state index in [1.807, 2.05) is 20.8 Å². The number of hydrogen-bond donors (Lipinski definition) is 1. The van der Waals surface area contributed by atoms with Gasteiger partial charge >= 0.3 is 24.2 Å². The fourth-order valence-electron chi connectivity index (χ4n) is 3.94. The molecule has 2 N–H and O–H groups in total. The van der Waals surface area contributed by atoms with E-state index in [1.165, 1.54) is 19.2 Å². The van der Waals surface area contributed by atoms with Gasteiger partial charge in [0, 0.05) is 12.8 Å². The first-order valence-electron chi connectivity index (χ1n) is 14.5. The molecule has 0 aliphatic carbocycles. The Morgan fingerprint density at radius 1 is 0.805 bits per heavy atom. The summed E-state index contributed by atoms with van der Waals surface area (Å²) in [5.74, 6) is -1.52. The minimum atomic E-state index is -1.55. The summed E-state index contributed by atoms with van der Waals surface area (Å²) in [6.07, 6.45) is 4.62. The summed E-state index contributed by atoms with van der Waals surface area (Å²) in [6.45, 7) is 8.09. The van der Waals surface area contributed by atoms with Gasteiger partial charge in [0.1, 0.15) is 5.54 Å². The smallest absolute Gasteiger partial charge is 0.468 e. The van der Waals surface area contributed by atoms with Crippen LogP contribution in [0.1, 0.15) is 91.0 Å². The number of carbonyl (C=O) groups is 4. The molecule has 0 amide bonds. The van der Waals surface area contributed by atoms with Crippen LogP contribution in [0.3, 0.4) is 0 Å². The summed E-state index contributed by atoms with van der Waals surface area (Å²) in [7, 11) is 1.21. The molecule has 0 aliphatic heterocycles. The first kappa shape index (κ1) is 35.7. The van der Waals surface area contributed by atoms with Crippen LogP contribution < -0.4 is 15.2 Å². The van der Waals surface area contributed by atoms with Crippen molar-refractivity contribution in [1.82, 2.24) is 0 Å². The molecule has 1 unspecified atom stereocenters. The average molecular weight is 582 g/mol. The molecule has 11 nitrogen and oxygen atoms in total. The maximum atomic E-state index is 12.7. The van der Waals surface area contributed by atoms with Crippen molar-refractivity contribution >= 4 is 24.2 Å². The Kier molecular flexibility index (Phi) is 17.1. The summed E-state index contributed by atoms with van der Waals surface area (Å²) in [6, 6.07) is 4.40. The van der Waals surface area contributed by atoms with Crippen LogP contribution in [0.4, 0.5) is 9.59 Å². The van der Waals surface area contributed by atoms with Crippen LogP contribution in [0, 0.1) is 5.92 Å². The third kappa shape index (κ3) is 13.7. The summed E-state index contributed by atoms with van der Waals surface area (Å²) < 4.78 is 31.1. The maximum absolute atomic E-state index is 12.7. The molecular weight excluding hydrogens is 534 g/mol. The van der Waals surface area contributed by atoms with Gasteiger partial charge in [0.2, 0.25) is 0 Å². The summed E-state index contributed by atoms with van der Waals surface area (Å²) in [5, 5.41) is 0. The Balaban J connectivity index is 3.09. The summed E-state index contributed by atoms with van der Waals surface area (Å²) in [4.78, 5) is 49.4. The molecule has 1 rings (SSSR count). The number of nitrogens with two attached hydrogens (primary N) is 1. The third-order valence-electron chi connectivity index (χ3n) is 6.36. The van der Waals surface area contributed by atoms with Crippen molar-refractivity contribution in [2.45, 2.75) is 97.4 Å². The summed E-state index contributed by atoms with van der Waals surface area (Å²) in [5.41, 5.74) is 5.36. The predicted molar refractivity (Wildman–Crippen MR) is 152 cm³/mol. The number of esters is 2. The van der Waals surface area contributed by atoms with Crippen molar-refractivity contribution < 1.29 is 47.6 Å².